The lowest BCUT2D eigenvalue weighted by Gasteiger charge is -2.23. The summed E-state index contributed by atoms with van der Waals surface area (Å²) < 4.78 is 6.15. The molecule has 0 unspecified atom stereocenters. The second kappa shape index (κ2) is 6.04. The number of thiazole rings is 1. The van der Waals surface area contributed by atoms with E-state index in [9.17, 15) is 9.59 Å². The molecule has 0 aliphatic heterocycles. The van der Waals surface area contributed by atoms with Crippen LogP contribution in [-0.4, -0.2) is 35.4 Å². The van der Waals surface area contributed by atoms with Gasteiger partial charge in [0.25, 0.3) is 5.91 Å². The number of benzene rings is 1. The molecule has 3 rings (SSSR count). The zero-order valence-electron chi connectivity index (χ0n) is 12.6. The summed E-state index contributed by atoms with van der Waals surface area (Å²) >= 11 is 1.58. The van der Waals surface area contributed by atoms with Gasteiger partial charge in [0.2, 0.25) is 0 Å². The number of carbonyl (C=O) groups is 2. The van der Waals surface area contributed by atoms with Crippen LogP contribution in [0.1, 0.15) is 30.8 Å². The highest BCUT2D eigenvalue weighted by Gasteiger charge is 2.32. The topological polar surface area (TPSA) is 59.5 Å². The third-order valence-electron chi connectivity index (χ3n) is 3.89. The molecule has 6 heteroatoms. The summed E-state index contributed by atoms with van der Waals surface area (Å²) in [7, 11) is 1.71. The number of ether oxygens (including phenoxy) is 1. The Morgan fingerprint density at radius 2 is 2.14 bits per heavy atom. The number of hydrogen-bond acceptors (Lipinski definition) is 5. The number of likely N-dealkylation sites (N-methyl/N-ethyl adjacent to an activating group) is 1. The van der Waals surface area contributed by atoms with Crippen LogP contribution in [0, 0.1) is 5.92 Å². The molecule has 1 aliphatic carbocycles. The molecule has 0 radical (unpaired) electrons. The summed E-state index contributed by atoms with van der Waals surface area (Å²) in [6.45, 7) is 1.74. The Hall–Kier alpha value is -1.95. The zero-order chi connectivity index (χ0) is 15.7. The van der Waals surface area contributed by atoms with Crippen molar-refractivity contribution >= 4 is 33.4 Å². The molecule has 1 aromatic heterocycles. The predicted molar refractivity (Wildman–Crippen MR) is 84.5 cm³/mol. The molecule has 2 aromatic rings. The van der Waals surface area contributed by atoms with Crippen molar-refractivity contribution in [2.24, 2.45) is 5.92 Å². The lowest BCUT2D eigenvalue weighted by Crippen LogP contribution is -2.33. The van der Waals surface area contributed by atoms with Crippen LogP contribution < -0.4 is 0 Å². The maximum Gasteiger partial charge on any atom is 0.309 e. The number of carbonyl (C=O) groups excluding carboxylic acids is 2. The first-order valence-corrected chi connectivity index (χ1v) is 8.15. The fourth-order valence-electron chi connectivity index (χ4n) is 2.12. The van der Waals surface area contributed by atoms with Gasteiger partial charge in [0.15, 0.2) is 6.61 Å². The molecule has 0 N–H and O–H groups in total. The monoisotopic (exact) mass is 318 g/mol. The number of fused-ring (bicyclic) bond motifs is 1. The van der Waals surface area contributed by atoms with Gasteiger partial charge in [-0.3, -0.25) is 9.59 Å². The van der Waals surface area contributed by atoms with Gasteiger partial charge in [-0.2, -0.15) is 0 Å². The highest BCUT2D eigenvalue weighted by molar-refractivity contribution is 7.18. The maximum atomic E-state index is 12.1. The van der Waals surface area contributed by atoms with Gasteiger partial charge in [-0.1, -0.05) is 12.1 Å². The van der Waals surface area contributed by atoms with Crippen LogP contribution in [0.3, 0.4) is 0 Å². The van der Waals surface area contributed by atoms with E-state index in [2.05, 4.69) is 4.98 Å². The largest absolute Gasteiger partial charge is 0.455 e. The van der Waals surface area contributed by atoms with Crippen LogP contribution in [0.2, 0.25) is 0 Å². The SMILES string of the molecule is C[C@@H](c1nc2ccccc2s1)N(C)C(=O)COC(=O)C1CC1. The average Bonchev–Trinajstić information content (AvgIpc) is 3.29. The van der Waals surface area contributed by atoms with Gasteiger partial charge in [-0.05, 0) is 31.9 Å². The Labute approximate surface area is 132 Å². The van der Waals surface area contributed by atoms with E-state index >= 15 is 0 Å². The number of para-hydroxylation sites is 1. The molecule has 1 aromatic carbocycles. The molecule has 0 saturated heterocycles. The summed E-state index contributed by atoms with van der Waals surface area (Å²) in [4.78, 5) is 29.8. The van der Waals surface area contributed by atoms with Crippen LogP contribution >= 0.6 is 11.3 Å². The molecule has 1 atom stereocenters. The van der Waals surface area contributed by atoms with E-state index in [-0.39, 0.29) is 30.4 Å². The van der Waals surface area contributed by atoms with E-state index in [0.29, 0.717) is 0 Å². The van der Waals surface area contributed by atoms with E-state index in [1.165, 1.54) is 0 Å². The van der Waals surface area contributed by atoms with Crippen molar-refractivity contribution in [2.45, 2.75) is 25.8 Å². The van der Waals surface area contributed by atoms with Crippen molar-refractivity contribution in [3.63, 3.8) is 0 Å². The van der Waals surface area contributed by atoms with E-state index in [0.717, 1.165) is 28.1 Å². The Morgan fingerprint density at radius 3 is 2.82 bits per heavy atom. The van der Waals surface area contributed by atoms with Crippen LogP contribution in [0.5, 0.6) is 0 Å². The minimum atomic E-state index is -0.255. The van der Waals surface area contributed by atoms with Crippen LogP contribution in [0.4, 0.5) is 0 Å². The maximum absolute atomic E-state index is 12.1. The molecule has 0 bridgehead atoms. The number of nitrogens with zero attached hydrogens (tertiary/aromatic N) is 2. The van der Waals surface area contributed by atoms with Gasteiger partial charge in [-0.15, -0.1) is 11.3 Å². The Balaban J connectivity index is 1.63. The lowest BCUT2D eigenvalue weighted by molar-refractivity contribution is -0.153. The Kier molecular flexibility index (Phi) is 4.11. The summed E-state index contributed by atoms with van der Waals surface area (Å²) in [6.07, 6.45) is 1.76. The van der Waals surface area contributed by atoms with Crippen molar-refractivity contribution in [2.75, 3.05) is 13.7 Å². The van der Waals surface area contributed by atoms with Gasteiger partial charge in [0.05, 0.1) is 22.2 Å². The average molecular weight is 318 g/mol. The number of rotatable bonds is 5. The second-order valence-electron chi connectivity index (χ2n) is 5.58. The Bertz CT molecular complexity index is 675. The Morgan fingerprint density at radius 1 is 1.41 bits per heavy atom. The van der Waals surface area contributed by atoms with Gasteiger partial charge in [0, 0.05) is 7.05 Å². The fraction of sp³-hybridized carbons (Fsp3) is 0.438. The molecule has 116 valence electrons. The smallest absolute Gasteiger partial charge is 0.309 e. The molecular formula is C16H18N2O3S. The molecule has 1 fully saturated rings. The number of amides is 1. The van der Waals surface area contributed by atoms with Gasteiger partial charge in [-0.25, -0.2) is 4.98 Å². The third kappa shape index (κ3) is 3.11. The van der Waals surface area contributed by atoms with E-state index < -0.39 is 0 Å². The van der Waals surface area contributed by atoms with E-state index in [1.54, 1.807) is 23.3 Å². The normalized spacial score (nSPS) is 15.5. The predicted octanol–water partition coefficient (Wildman–Crippen LogP) is 2.77. The number of hydrogen-bond donors (Lipinski definition) is 0. The highest BCUT2D eigenvalue weighted by Crippen LogP contribution is 2.30. The first-order chi connectivity index (χ1) is 10.6. The van der Waals surface area contributed by atoms with Crippen LogP contribution in [-0.2, 0) is 14.3 Å². The summed E-state index contributed by atoms with van der Waals surface area (Å²) in [5, 5.41) is 0.880. The van der Waals surface area contributed by atoms with Crippen molar-refractivity contribution in [1.29, 1.82) is 0 Å². The molecule has 1 amide bonds. The lowest BCUT2D eigenvalue weighted by atomic mass is 10.3. The molecule has 1 aliphatic rings. The first-order valence-electron chi connectivity index (χ1n) is 7.34. The molecule has 1 saturated carbocycles. The van der Waals surface area contributed by atoms with E-state index in [4.69, 9.17) is 4.74 Å². The zero-order valence-corrected chi connectivity index (χ0v) is 13.4. The van der Waals surface area contributed by atoms with Crippen LogP contribution in [0.25, 0.3) is 10.2 Å². The van der Waals surface area contributed by atoms with Crippen molar-refractivity contribution in [3.8, 4) is 0 Å². The quantitative estimate of drug-likeness (QED) is 0.795. The number of aromatic nitrogens is 1. The third-order valence-corrected chi connectivity index (χ3v) is 5.10. The van der Waals surface area contributed by atoms with Gasteiger partial charge in [0.1, 0.15) is 5.01 Å². The molecular weight excluding hydrogens is 300 g/mol. The standard InChI is InChI=1S/C16H18N2O3S/c1-10(15-17-12-5-3-4-6-13(12)22-15)18(2)14(19)9-21-16(20)11-7-8-11/h3-6,10-11H,7-9H2,1-2H3/t10-/m0/s1. The van der Waals surface area contributed by atoms with Crippen molar-refractivity contribution < 1.29 is 14.3 Å². The molecule has 1 heterocycles. The fourth-order valence-corrected chi connectivity index (χ4v) is 3.18. The summed E-state index contributed by atoms with van der Waals surface area (Å²) in [5.41, 5.74) is 0.940. The van der Waals surface area contributed by atoms with Crippen molar-refractivity contribution in [1.82, 2.24) is 9.88 Å². The van der Waals surface area contributed by atoms with Crippen molar-refractivity contribution in [3.05, 3.63) is 29.3 Å². The molecule has 5 nitrogen and oxygen atoms in total. The molecule has 22 heavy (non-hydrogen) atoms. The number of esters is 1. The summed E-state index contributed by atoms with van der Waals surface area (Å²) in [5.74, 6) is -0.449. The van der Waals surface area contributed by atoms with Crippen LogP contribution in [0.15, 0.2) is 24.3 Å². The minimum absolute atomic E-state index is 0.0137. The first kappa shape index (κ1) is 15.0. The highest BCUT2D eigenvalue weighted by atomic mass is 32.1. The van der Waals surface area contributed by atoms with Gasteiger partial charge < -0.3 is 9.64 Å². The second-order valence-corrected chi connectivity index (χ2v) is 6.64. The van der Waals surface area contributed by atoms with E-state index in [1.807, 2.05) is 31.2 Å². The van der Waals surface area contributed by atoms with Gasteiger partial charge >= 0.3 is 5.97 Å². The molecule has 0 spiro atoms. The minimum Gasteiger partial charge on any atom is -0.455 e. The summed E-state index contributed by atoms with van der Waals surface area (Å²) in [6, 6.07) is 7.75.